The predicted octanol–water partition coefficient (Wildman–Crippen LogP) is 1.32. The molecular weight excluding hydrogens is 228 g/mol. The smallest absolute Gasteiger partial charge is 0.246 e. The van der Waals surface area contributed by atoms with Crippen molar-refractivity contribution >= 4 is 11.8 Å². The molecule has 3 rings (SSSR count). The summed E-state index contributed by atoms with van der Waals surface area (Å²) in [5.74, 6) is 0.321. The van der Waals surface area contributed by atoms with Gasteiger partial charge in [0, 0.05) is 12.6 Å². The molecule has 0 aromatic heterocycles. The van der Waals surface area contributed by atoms with Crippen LogP contribution in [0, 0.1) is 0 Å². The molecule has 0 bridgehead atoms. The van der Waals surface area contributed by atoms with E-state index in [0.29, 0.717) is 0 Å². The first kappa shape index (κ1) is 11.8. The Balaban J connectivity index is 1.86. The molecule has 0 radical (unpaired) electrons. The van der Waals surface area contributed by atoms with Gasteiger partial charge >= 0.3 is 0 Å². The second-order valence-electron chi connectivity index (χ2n) is 5.56. The Morgan fingerprint density at radius 2 is 1.83 bits per heavy atom. The molecule has 3 aliphatic rings. The lowest BCUT2D eigenvalue weighted by molar-refractivity contribution is -0.165. The number of amides is 2. The van der Waals surface area contributed by atoms with Crippen molar-refractivity contribution < 1.29 is 9.59 Å². The van der Waals surface area contributed by atoms with Gasteiger partial charge in [0.15, 0.2) is 0 Å². The molecule has 2 fully saturated rings. The Morgan fingerprint density at radius 3 is 2.56 bits per heavy atom. The Bertz CT molecular complexity index is 397. The molecule has 4 heteroatoms. The van der Waals surface area contributed by atoms with E-state index >= 15 is 0 Å². The molecule has 4 nitrogen and oxygen atoms in total. The van der Waals surface area contributed by atoms with Crippen LogP contribution in [0.15, 0.2) is 12.2 Å². The first-order valence-electron chi connectivity index (χ1n) is 6.98. The number of piperazine rings is 1. The first-order chi connectivity index (χ1) is 8.70. The molecule has 98 valence electrons. The summed E-state index contributed by atoms with van der Waals surface area (Å²) in [4.78, 5) is 28.7. The fourth-order valence-electron chi connectivity index (χ4n) is 3.50. The highest BCUT2D eigenvalue weighted by molar-refractivity contribution is 5.97. The zero-order valence-electron chi connectivity index (χ0n) is 10.8. The van der Waals surface area contributed by atoms with Gasteiger partial charge in [-0.25, -0.2) is 0 Å². The molecule has 0 spiro atoms. The summed E-state index contributed by atoms with van der Waals surface area (Å²) in [5, 5.41) is 0. The lowest BCUT2D eigenvalue weighted by Gasteiger charge is -2.48. The van der Waals surface area contributed by atoms with Crippen LogP contribution in [0.4, 0.5) is 0 Å². The Hall–Kier alpha value is -1.32. The third-order valence-corrected chi connectivity index (χ3v) is 4.48. The summed E-state index contributed by atoms with van der Waals surface area (Å²) in [7, 11) is 0. The van der Waals surface area contributed by atoms with Crippen molar-refractivity contribution in [2.45, 2.75) is 57.2 Å². The highest BCUT2D eigenvalue weighted by Crippen LogP contribution is 2.30. The standard InChI is InChI=1S/C14H20N2O2/c1-10-13(17)15-9-5-4-8-12(15)14(18)16(10)11-6-2-3-7-11/h2-3,10-12H,4-9H2,1H3. The van der Waals surface area contributed by atoms with Crippen molar-refractivity contribution in [3.8, 4) is 0 Å². The summed E-state index contributed by atoms with van der Waals surface area (Å²) < 4.78 is 0. The molecule has 18 heavy (non-hydrogen) atoms. The van der Waals surface area contributed by atoms with Crippen LogP contribution in [0.3, 0.4) is 0 Å². The number of carbonyl (C=O) groups is 2. The molecule has 2 heterocycles. The third kappa shape index (κ3) is 1.66. The van der Waals surface area contributed by atoms with Crippen molar-refractivity contribution in [2.75, 3.05) is 6.54 Å². The SMILES string of the molecule is CC1C(=O)N2CCCCC2C(=O)N1C1CC=CC1. The molecule has 2 amide bonds. The molecule has 0 aromatic carbocycles. The van der Waals surface area contributed by atoms with Gasteiger partial charge in [0.2, 0.25) is 11.8 Å². The van der Waals surface area contributed by atoms with Crippen LogP contribution in [0.25, 0.3) is 0 Å². The van der Waals surface area contributed by atoms with Gasteiger partial charge in [-0.05, 0) is 39.0 Å². The quantitative estimate of drug-likeness (QED) is 0.657. The van der Waals surface area contributed by atoms with Gasteiger partial charge in [0.25, 0.3) is 0 Å². The van der Waals surface area contributed by atoms with Crippen molar-refractivity contribution in [2.24, 2.45) is 0 Å². The van der Waals surface area contributed by atoms with Crippen LogP contribution in [-0.2, 0) is 9.59 Å². The van der Waals surface area contributed by atoms with Crippen LogP contribution in [-0.4, -0.2) is 46.3 Å². The van der Waals surface area contributed by atoms with Gasteiger partial charge in [0.05, 0.1) is 0 Å². The van der Waals surface area contributed by atoms with Crippen LogP contribution in [0.5, 0.6) is 0 Å². The van der Waals surface area contributed by atoms with E-state index in [4.69, 9.17) is 0 Å². The fraction of sp³-hybridized carbons (Fsp3) is 0.714. The minimum Gasteiger partial charge on any atom is -0.329 e. The van der Waals surface area contributed by atoms with Crippen LogP contribution in [0.2, 0.25) is 0 Å². The Labute approximate surface area is 108 Å². The van der Waals surface area contributed by atoms with Gasteiger partial charge in [0.1, 0.15) is 12.1 Å². The van der Waals surface area contributed by atoms with E-state index in [1.807, 2.05) is 16.7 Å². The number of fused-ring (bicyclic) bond motifs is 1. The monoisotopic (exact) mass is 248 g/mol. The van der Waals surface area contributed by atoms with E-state index in [1.54, 1.807) is 0 Å². The average Bonchev–Trinajstić information content (AvgIpc) is 2.90. The van der Waals surface area contributed by atoms with Gasteiger partial charge < -0.3 is 9.80 Å². The largest absolute Gasteiger partial charge is 0.329 e. The van der Waals surface area contributed by atoms with Crippen molar-refractivity contribution in [3.63, 3.8) is 0 Å². The fourth-order valence-corrected chi connectivity index (χ4v) is 3.50. The summed E-state index contributed by atoms with van der Waals surface area (Å²) in [5.41, 5.74) is 0. The lowest BCUT2D eigenvalue weighted by atomic mass is 9.94. The van der Waals surface area contributed by atoms with Crippen LogP contribution >= 0.6 is 0 Å². The van der Waals surface area contributed by atoms with E-state index in [2.05, 4.69) is 12.2 Å². The molecule has 0 N–H and O–H groups in total. The Morgan fingerprint density at radius 1 is 1.11 bits per heavy atom. The number of hydrogen-bond donors (Lipinski definition) is 0. The summed E-state index contributed by atoms with van der Waals surface area (Å²) >= 11 is 0. The number of carbonyl (C=O) groups excluding carboxylic acids is 2. The number of rotatable bonds is 1. The van der Waals surface area contributed by atoms with Gasteiger partial charge in [-0.3, -0.25) is 9.59 Å². The lowest BCUT2D eigenvalue weighted by Crippen LogP contribution is -2.66. The number of piperidine rings is 1. The molecule has 2 saturated heterocycles. The second-order valence-corrected chi connectivity index (χ2v) is 5.56. The number of hydrogen-bond acceptors (Lipinski definition) is 2. The molecule has 0 aromatic rings. The van der Waals surface area contributed by atoms with E-state index in [-0.39, 0.29) is 29.9 Å². The van der Waals surface area contributed by atoms with E-state index in [0.717, 1.165) is 38.6 Å². The molecule has 2 unspecified atom stereocenters. The maximum atomic E-state index is 12.6. The minimum atomic E-state index is -0.281. The van der Waals surface area contributed by atoms with E-state index in [9.17, 15) is 9.59 Å². The van der Waals surface area contributed by atoms with Crippen molar-refractivity contribution in [1.82, 2.24) is 9.80 Å². The summed E-state index contributed by atoms with van der Waals surface area (Å²) in [6.07, 6.45) is 8.96. The summed E-state index contributed by atoms with van der Waals surface area (Å²) in [6, 6.07) is -0.250. The van der Waals surface area contributed by atoms with Gasteiger partial charge in [-0.2, -0.15) is 0 Å². The third-order valence-electron chi connectivity index (χ3n) is 4.48. The minimum absolute atomic E-state index is 0.145. The molecule has 2 aliphatic heterocycles. The number of nitrogens with zero attached hydrogens (tertiary/aromatic N) is 2. The molecular formula is C14H20N2O2. The first-order valence-corrected chi connectivity index (χ1v) is 6.98. The van der Waals surface area contributed by atoms with Crippen LogP contribution < -0.4 is 0 Å². The normalized spacial score (nSPS) is 33.2. The maximum absolute atomic E-state index is 12.6. The predicted molar refractivity (Wildman–Crippen MR) is 67.8 cm³/mol. The van der Waals surface area contributed by atoms with Crippen LogP contribution in [0.1, 0.15) is 39.0 Å². The maximum Gasteiger partial charge on any atom is 0.246 e. The van der Waals surface area contributed by atoms with Gasteiger partial charge in [-0.1, -0.05) is 12.2 Å². The summed E-state index contributed by atoms with van der Waals surface area (Å²) in [6.45, 7) is 2.64. The highest BCUT2D eigenvalue weighted by Gasteiger charge is 2.46. The van der Waals surface area contributed by atoms with Crippen molar-refractivity contribution in [3.05, 3.63) is 12.2 Å². The second kappa shape index (κ2) is 4.41. The molecule has 1 aliphatic carbocycles. The zero-order chi connectivity index (χ0) is 12.7. The molecule has 2 atom stereocenters. The van der Waals surface area contributed by atoms with Gasteiger partial charge in [-0.15, -0.1) is 0 Å². The highest BCUT2D eigenvalue weighted by atomic mass is 16.2. The van der Waals surface area contributed by atoms with E-state index in [1.165, 1.54) is 0 Å². The van der Waals surface area contributed by atoms with Crippen molar-refractivity contribution in [1.29, 1.82) is 0 Å². The topological polar surface area (TPSA) is 40.6 Å². The average molecular weight is 248 g/mol. The zero-order valence-corrected chi connectivity index (χ0v) is 10.8. The Kier molecular flexibility index (Phi) is 2.88. The van der Waals surface area contributed by atoms with E-state index < -0.39 is 0 Å². The molecule has 0 saturated carbocycles.